The third-order valence-electron chi connectivity index (χ3n) is 6.24. The number of nitro benzene ring substituents is 1. The molecule has 2 aliphatic carbocycles. The number of allylic oxidation sites excluding steroid dienone is 2. The first-order valence-corrected chi connectivity index (χ1v) is 10.6. The van der Waals surface area contributed by atoms with Crippen LogP contribution in [-0.4, -0.2) is 28.0 Å². The number of hydrogen-bond acceptors (Lipinski definition) is 6. The first-order chi connectivity index (χ1) is 15.4. The average Bonchev–Trinajstić information content (AvgIpc) is 3.46. The lowest BCUT2D eigenvalue weighted by Crippen LogP contribution is -2.28. The molecule has 0 aromatic heterocycles. The molecule has 0 radical (unpaired) electrons. The van der Waals surface area contributed by atoms with E-state index < -0.39 is 4.92 Å². The Bertz CT molecular complexity index is 1150. The molecule has 1 saturated heterocycles. The van der Waals surface area contributed by atoms with Crippen LogP contribution in [0, 0.1) is 33.8 Å². The standard InChI is InChI=1S/C23H18ClN3O5/c24-17-8-14(9-18(27(30)31)21(17)32-12-13-4-2-1-3-5-13)11-25-26-22(28)19-15-6-7-16(10-15)20(19)23(26)29/h1-9,11,15-16,19-20H,10,12H2/t15-,16-,19-,20+/m0/s1. The smallest absolute Gasteiger partial charge is 0.313 e. The molecule has 2 aromatic rings. The number of carbonyl (C=O) groups is 2. The number of nitrogens with zero attached hydrogens (tertiary/aromatic N) is 3. The summed E-state index contributed by atoms with van der Waals surface area (Å²) in [5.41, 5.74) is 0.796. The topological polar surface area (TPSA) is 102 Å². The second-order valence-electron chi connectivity index (χ2n) is 8.12. The molecule has 5 rings (SSSR count). The van der Waals surface area contributed by atoms with Gasteiger partial charge in [0, 0.05) is 11.6 Å². The molecule has 0 spiro atoms. The maximum absolute atomic E-state index is 12.7. The van der Waals surface area contributed by atoms with Crippen molar-refractivity contribution in [3.05, 3.63) is 80.9 Å². The van der Waals surface area contributed by atoms with E-state index in [9.17, 15) is 19.7 Å². The molecule has 8 nitrogen and oxygen atoms in total. The summed E-state index contributed by atoms with van der Waals surface area (Å²) in [5, 5.41) is 16.6. The van der Waals surface area contributed by atoms with Gasteiger partial charge in [0.1, 0.15) is 6.61 Å². The zero-order valence-corrected chi connectivity index (χ0v) is 17.5. The summed E-state index contributed by atoms with van der Waals surface area (Å²) in [6.07, 6.45) is 6.08. The fourth-order valence-corrected chi connectivity index (χ4v) is 5.08. The minimum atomic E-state index is -0.594. The fourth-order valence-electron chi connectivity index (χ4n) is 4.81. The van der Waals surface area contributed by atoms with Crippen LogP contribution in [0.2, 0.25) is 5.02 Å². The van der Waals surface area contributed by atoms with E-state index in [1.807, 2.05) is 42.5 Å². The van der Waals surface area contributed by atoms with Crippen molar-refractivity contribution in [2.45, 2.75) is 13.0 Å². The summed E-state index contributed by atoms with van der Waals surface area (Å²) in [5.74, 6) is -1.25. The van der Waals surface area contributed by atoms with Crippen LogP contribution in [0.4, 0.5) is 5.69 Å². The molecule has 2 fully saturated rings. The largest absolute Gasteiger partial charge is 0.481 e. The number of hydrazone groups is 1. The van der Waals surface area contributed by atoms with Crippen LogP contribution in [0.5, 0.6) is 5.75 Å². The molecular formula is C23H18ClN3O5. The molecule has 32 heavy (non-hydrogen) atoms. The summed E-state index contributed by atoms with van der Waals surface area (Å²) >= 11 is 6.28. The maximum atomic E-state index is 12.7. The van der Waals surface area contributed by atoms with E-state index in [1.54, 1.807) is 0 Å². The van der Waals surface area contributed by atoms with Gasteiger partial charge in [0.05, 0.1) is 28.0 Å². The zero-order chi connectivity index (χ0) is 22.4. The molecule has 2 amide bonds. The fraction of sp³-hybridized carbons (Fsp3) is 0.261. The number of imide groups is 1. The number of benzene rings is 2. The van der Waals surface area contributed by atoms with E-state index in [2.05, 4.69) is 5.10 Å². The number of carbonyl (C=O) groups excluding carboxylic acids is 2. The predicted octanol–water partition coefficient (Wildman–Crippen LogP) is 3.97. The number of amides is 2. The van der Waals surface area contributed by atoms with E-state index in [0.717, 1.165) is 17.0 Å². The highest BCUT2D eigenvalue weighted by molar-refractivity contribution is 6.32. The summed E-state index contributed by atoms with van der Waals surface area (Å²) in [7, 11) is 0. The number of rotatable bonds is 6. The van der Waals surface area contributed by atoms with Gasteiger partial charge in [0.25, 0.3) is 11.8 Å². The van der Waals surface area contributed by atoms with Crippen LogP contribution < -0.4 is 4.74 Å². The van der Waals surface area contributed by atoms with Crippen LogP contribution in [0.3, 0.4) is 0 Å². The summed E-state index contributed by atoms with van der Waals surface area (Å²) in [6, 6.07) is 11.9. The van der Waals surface area contributed by atoms with Gasteiger partial charge in [-0.25, -0.2) is 0 Å². The van der Waals surface area contributed by atoms with Gasteiger partial charge < -0.3 is 4.74 Å². The molecular weight excluding hydrogens is 434 g/mol. The zero-order valence-electron chi connectivity index (χ0n) is 16.8. The van der Waals surface area contributed by atoms with Crippen molar-refractivity contribution in [1.29, 1.82) is 0 Å². The van der Waals surface area contributed by atoms with E-state index in [4.69, 9.17) is 16.3 Å². The Labute approximate surface area is 188 Å². The number of halogens is 1. The van der Waals surface area contributed by atoms with E-state index in [0.29, 0.717) is 0 Å². The molecule has 162 valence electrons. The van der Waals surface area contributed by atoms with Crippen molar-refractivity contribution in [2.24, 2.45) is 28.8 Å². The van der Waals surface area contributed by atoms with E-state index >= 15 is 0 Å². The van der Waals surface area contributed by atoms with Gasteiger partial charge in [-0.05, 0) is 29.9 Å². The van der Waals surface area contributed by atoms with Gasteiger partial charge in [0.2, 0.25) is 5.75 Å². The lowest BCUT2D eigenvalue weighted by Gasteiger charge is -2.13. The van der Waals surface area contributed by atoms with Crippen molar-refractivity contribution in [1.82, 2.24) is 5.01 Å². The lowest BCUT2D eigenvalue weighted by atomic mass is 9.85. The van der Waals surface area contributed by atoms with Crippen molar-refractivity contribution in [3.63, 3.8) is 0 Å². The molecule has 0 N–H and O–H groups in total. The lowest BCUT2D eigenvalue weighted by molar-refractivity contribution is -0.385. The van der Waals surface area contributed by atoms with Gasteiger partial charge in [-0.2, -0.15) is 10.1 Å². The number of fused-ring (bicyclic) bond motifs is 5. The molecule has 2 bridgehead atoms. The molecule has 1 saturated carbocycles. The molecule has 1 aliphatic heterocycles. The first-order valence-electron chi connectivity index (χ1n) is 10.2. The van der Waals surface area contributed by atoms with Gasteiger partial charge in [-0.15, -0.1) is 0 Å². The third-order valence-corrected chi connectivity index (χ3v) is 6.52. The van der Waals surface area contributed by atoms with E-state index in [1.165, 1.54) is 18.3 Å². The maximum Gasteiger partial charge on any atom is 0.313 e. The number of nitro groups is 1. The summed E-state index contributed by atoms with van der Waals surface area (Å²) < 4.78 is 5.62. The van der Waals surface area contributed by atoms with Gasteiger partial charge in [-0.1, -0.05) is 54.1 Å². The Morgan fingerprint density at radius 1 is 1.12 bits per heavy atom. The van der Waals surface area contributed by atoms with Crippen molar-refractivity contribution in [2.75, 3.05) is 0 Å². The first kappa shape index (κ1) is 20.4. The second kappa shape index (κ2) is 7.87. The Hall–Kier alpha value is -3.52. The Morgan fingerprint density at radius 2 is 1.78 bits per heavy atom. The number of hydrogen-bond donors (Lipinski definition) is 0. The predicted molar refractivity (Wildman–Crippen MR) is 116 cm³/mol. The van der Waals surface area contributed by atoms with Gasteiger partial charge in [-0.3, -0.25) is 19.7 Å². The molecule has 1 heterocycles. The average molecular weight is 452 g/mol. The Balaban J connectivity index is 1.37. The Kier molecular flexibility index (Phi) is 5.01. The third kappa shape index (κ3) is 3.36. The van der Waals surface area contributed by atoms with Crippen LogP contribution in [0.1, 0.15) is 17.5 Å². The van der Waals surface area contributed by atoms with Crippen LogP contribution in [0.25, 0.3) is 0 Å². The van der Waals surface area contributed by atoms with Crippen molar-refractivity contribution in [3.8, 4) is 5.75 Å². The molecule has 2 aromatic carbocycles. The monoisotopic (exact) mass is 451 g/mol. The summed E-state index contributed by atoms with van der Waals surface area (Å²) in [6.45, 7) is 0.116. The summed E-state index contributed by atoms with van der Waals surface area (Å²) in [4.78, 5) is 36.5. The SMILES string of the molecule is O=C1[C@@H]2[C@H](C(=O)N1N=Cc1cc(Cl)c(OCc3ccccc3)c([N+](=O)[O-])c1)[C@H]1C=C[C@H]2C1. The minimum Gasteiger partial charge on any atom is -0.481 e. The van der Waals surface area contributed by atoms with Crippen molar-refractivity contribution < 1.29 is 19.2 Å². The molecule has 0 unspecified atom stereocenters. The van der Waals surface area contributed by atoms with E-state index in [-0.39, 0.29) is 64.1 Å². The van der Waals surface area contributed by atoms with Gasteiger partial charge >= 0.3 is 5.69 Å². The normalized spacial score (nSPS) is 25.7. The molecule has 3 aliphatic rings. The van der Waals surface area contributed by atoms with Gasteiger partial charge in [0.15, 0.2) is 0 Å². The Morgan fingerprint density at radius 3 is 2.41 bits per heavy atom. The quantitative estimate of drug-likeness (QED) is 0.217. The molecule has 9 heteroatoms. The minimum absolute atomic E-state index is 0.0368. The van der Waals surface area contributed by atoms with Crippen LogP contribution >= 0.6 is 11.6 Å². The second-order valence-corrected chi connectivity index (χ2v) is 8.52. The van der Waals surface area contributed by atoms with Crippen molar-refractivity contribution >= 4 is 35.3 Å². The molecule has 4 atom stereocenters. The highest BCUT2D eigenvalue weighted by Gasteiger charge is 2.59. The van der Waals surface area contributed by atoms with Crippen LogP contribution in [0.15, 0.2) is 59.7 Å². The number of ether oxygens (including phenoxy) is 1. The highest BCUT2D eigenvalue weighted by Crippen LogP contribution is 2.52. The highest BCUT2D eigenvalue weighted by atomic mass is 35.5. The van der Waals surface area contributed by atoms with Crippen LogP contribution in [-0.2, 0) is 16.2 Å².